The number of non-ortho nitro benzene ring substituents is 1. The molecule has 0 aromatic heterocycles. The van der Waals surface area contributed by atoms with Gasteiger partial charge in [-0.05, 0) is 29.8 Å². The molecular formula is C13H10N2O2S. The van der Waals surface area contributed by atoms with E-state index >= 15 is 0 Å². The van der Waals surface area contributed by atoms with Crippen LogP contribution in [0.3, 0.4) is 0 Å². The van der Waals surface area contributed by atoms with Gasteiger partial charge in [0.25, 0.3) is 5.69 Å². The monoisotopic (exact) mass is 258 g/mol. The van der Waals surface area contributed by atoms with E-state index in [-0.39, 0.29) is 5.69 Å². The molecule has 0 saturated heterocycles. The maximum atomic E-state index is 10.5. The minimum Gasteiger partial charge on any atom is -0.258 e. The molecule has 0 N–H and O–H groups in total. The summed E-state index contributed by atoms with van der Waals surface area (Å²) in [6.07, 6.45) is 1.65. The van der Waals surface area contributed by atoms with Crippen LogP contribution in [0.5, 0.6) is 0 Å². The molecule has 0 fully saturated rings. The summed E-state index contributed by atoms with van der Waals surface area (Å²) >= 11 is 4.28. The molecule has 0 heterocycles. The molecule has 2 aromatic rings. The van der Waals surface area contributed by atoms with Crippen LogP contribution in [0.4, 0.5) is 11.4 Å². The molecule has 0 radical (unpaired) electrons. The predicted molar refractivity (Wildman–Crippen MR) is 74.0 cm³/mol. The minimum atomic E-state index is -0.427. The fourth-order valence-electron chi connectivity index (χ4n) is 1.40. The first-order valence-corrected chi connectivity index (χ1v) is 5.68. The molecular weight excluding hydrogens is 248 g/mol. The maximum Gasteiger partial charge on any atom is 0.269 e. The van der Waals surface area contributed by atoms with Crippen molar-refractivity contribution in [1.82, 2.24) is 0 Å². The van der Waals surface area contributed by atoms with E-state index in [4.69, 9.17) is 0 Å². The molecule has 2 rings (SSSR count). The Morgan fingerprint density at radius 1 is 1.11 bits per heavy atom. The van der Waals surface area contributed by atoms with E-state index in [1.165, 1.54) is 12.1 Å². The number of nitro groups is 1. The molecule has 0 spiro atoms. The number of thiol groups is 1. The second-order valence-electron chi connectivity index (χ2n) is 3.60. The van der Waals surface area contributed by atoms with Crippen LogP contribution in [0.2, 0.25) is 0 Å². The van der Waals surface area contributed by atoms with Gasteiger partial charge in [-0.2, -0.15) is 0 Å². The standard InChI is InChI=1S/C13H10N2O2S/c16-15(17)11-7-5-10(6-8-11)9-14-12-3-1-2-4-13(12)18/h1-9,18H. The summed E-state index contributed by atoms with van der Waals surface area (Å²) in [7, 11) is 0. The van der Waals surface area contributed by atoms with Gasteiger partial charge in [0.2, 0.25) is 0 Å². The third-order valence-electron chi connectivity index (χ3n) is 2.34. The summed E-state index contributed by atoms with van der Waals surface area (Å²) in [5.74, 6) is 0. The topological polar surface area (TPSA) is 55.5 Å². The molecule has 90 valence electrons. The molecule has 0 aliphatic heterocycles. The maximum absolute atomic E-state index is 10.5. The van der Waals surface area contributed by atoms with Crippen molar-refractivity contribution in [3.8, 4) is 0 Å². The molecule has 0 aliphatic carbocycles. The summed E-state index contributed by atoms with van der Waals surface area (Å²) in [6.45, 7) is 0. The lowest BCUT2D eigenvalue weighted by Crippen LogP contribution is -1.88. The van der Waals surface area contributed by atoms with Crippen molar-refractivity contribution in [3.63, 3.8) is 0 Å². The lowest BCUT2D eigenvalue weighted by Gasteiger charge is -1.97. The highest BCUT2D eigenvalue weighted by Crippen LogP contribution is 2.21. The van der Waals surface area contributed by atoms with E-state index in [2.05, 4.69) is 17.6 Å². The lowest BCUT2D eigenvalue weighted by atomic mass is 10.2. The Morgan fingerprint density at radius 3 is 2.39 bits per heavy atom. The summed E-state index contributed by atoms with van der Waals surface area (Å²) in [4.78, 5) is 15.1. The van der Waals surface area contributed by atoms with Crippen molar-refractivity contribution in [3.05, 3.63) is 64.2 Å². The molecule has 0 unspecified atom stereocenters. The molecule has 0 bridgehead atoms. The largest absolute Gasteiger partial charge is 0.269 e. The fourth-order valence-corrected chi connectivity index (χ4v) is 1.62. The Bertz CT molecular complexity index is 594. The van der Waals surface area contributed by atoms with Crippen LogP contribution >= 0.6 is 12.6 Å². The van der Waals surface area contributed by atoms with Crippen molar-refractivity contribution < 1.29 is 4.92 Å². The van der Waals surface area contributed by atoms with Crippen molar-refractivity contribution in [2.24, 2.45) is 4.99 Å². The average Bonchev–Trinajstić information content (AvgIpc) is 2.38. The average molecular weight is 258 g/mol. The molecule has 0 saturated carbocycles. The van der Waals surface area contributed by atoms with Crippen LogP contribution in [0.1, 0.15) is 5.56 Å². The molecule has 0 atom stereocenters. The number of hydrogen-bond acceptors (Lipinski definition) is 4. The van der Waals surface area contributed by atoms with E-state index in [0.29, 0.717) is 0 Å². The van der Waals surface area contributed by atoms with E-state index in [1.807, 2.05) is 24.3 Å². The Labute approximate surface area is 110 Å². The van der Waals surface area contributed by atoms with Crippen molar-refractivity contribution in [1.29, 1.82) is 0 Å². The Balaban J connectivity index is 2.19. The molecule has 2 aromatic carbocycles. The zero-order valence-electron chi connectivity index (χ0n) is 9.35. The van der Waals surface area contributed by atoms with Crippen LogP contribution in [0.25, 0.3) is 0 Å². The zero-order chi connectivity index (χ0) is 13.0. The number of rotatable bonds is 3. The first-order valence-electron chi connectivity index (χ1n) is 5.23. The first-order chi connectivity index (χ1) is 8.66. The summed E-state index contributed by atoms with van der Waals surface area (Å²) < 4.78 is 0. The van der Waals surface area contributed by atoms with Crippen LogP contribution in [-0.4, -0.2) is 11.1 Å². The van der Waals surface area contributed by atoms with Gasteiger partial charge in [0.1, 0.15) is 0 Å². The Morgan fingerprint density at radius 2 is 1.78 bits per heavy atom. The van der Waals surface area contributed by atoms with Gasteiger partial charge < -0.3 is 0 Å². The quantitative estimate of drug-likeness (QED) is 0.395. The SMILES string of the molecule is O=[N+]([O-])c1ccc(C=Nc2ccccc2S)cc1. The van der Waals surface area contributed by atoms with Crippen LogP contribution in [0.15, 0.2) is 58.4 Å². The summed E-state index contributed by atoms with van der Waals surface area (Å²) in [6, 6.07) is 13.7. The normalized spacial score (nSPS) is 10.7. The second kappa shape index (κ2) is 5.46. The van der Waals surface area contributed by atoms with E-state index in [9.17, 15) is 10.1 Å². The highest BCUT2D eigenvalue weighted by Gasteiger charge is 2.02. The smallest absolute Gasteiger partial charge is 0.258 e. The highest BCUT2D eigenvalue weighted by molar-refractivity contribution is 7.80. The fraction of sp³-hybridized carbons (Fsp3) is 0. The van der Waals surface area contributed by atoms with Gasteiger partial charge in [0.15, 0.2) is 0 Å². The molecule has 5 heteroatoms. The molecule has 4 nitrogen and oxygen atoms in total. The van der Waals surface area contributed by atoms with Gasteiger partial charge in [-0.1, -0.05) is 12.1 Å². The van der Waals surface area contributed by atoms with Gasteiger partial charge >= 0.3 is 0 Å². The molecule has 18 heavy (non-hydrogen) atoms. The van der Waals surface area contributed by atoms with Crippen molar-refractivity contribution in [2.45, 2.75) is 4.90 Å². The number of hydrogen-bond donors (Lipinski definition) is 1. The zero-order valence-corrected chi connectivity index (χ0v) is 10.2. The minimum absolute atomic E-state index is 0.0711. The molecule has 0 aliphatic rings. The lowest BCUT2D eigenvalue weighted by molar-refractivity contribution is -0.384. The Hall–Kier alpha value is -2.14. The van der Waals surface area contributed by atoms with Gasteiger partial charge in [-0.3, -0.25) is 15.1 Å². The summed E-state index contributed by atoms with van der Waals surface area (Å²) in [5, 5.41) is 10.5. The van der Waals surface area contributed by atoms with Crippen molar-refractivity contribution in [2.75, 3.05) is 0 Å². The number of nitro benzene ring substituents is 1. The Kier molecular flexibility index (Phi) is 3.74. The number of nitrogens with zero attached hydrogens (tertiary/aromatic N) is 2. The van der Waals surface area contributed by atoms with Gasteiger partial charge in [-0.25, -0.2) is 0 Å². The third kappa shape index (κ3) is 2.95. The van der Waals surface area contributed by atoms with Crippen LogP contribution in [0, 0.1) is 10.1 Å². The van der Waals surface area contributed by atoms with E-state index < -0.39 is 4.92 Å². The van der Waals surface area contributed by atoms with Crippen LogP contribution < -0.4 is 0 Å². The van der Waals surface area contributed by atoms with E-state index in [1.54, 1.807) is 18.3 Å². The number of para-hydroxylation sites is 1. The van der Waals surface area contributed by atoms with Gasteiger partial charge in [0.05, 0.1) is 10.6 Å². The summed E-state index contributed by atoms with van der Waals surface area (Å²) in [5.41, 5.74) is 1.64. The number of aliphatic imine (C=N–C) groups is 1. The van der Waals surface area contributed by atoms with Gasteiger partial charge in [0, 0.05) is 23.2 Å². The van der Waals surface area contributed by atoms with Crippen LogP contribution in [-0.2, 0) is 0 Å². The predicted octanol–water partition coefficient (Wildman–Crippen LogP) is 3.63. The third-order valence-corrected chi connectivity index (χ3v) is 2.72. The second-order valence-corrected chi connectivity index (χ2v) is 4.08. The number of benzene rings is 2. The van der Waals surface area contributed by atoms with Crippen molar-refractivity contribution >= 4 is 30.2 Å². The first kappa shape index (κ1) is 12.3. The molecule has 0 amide bonds. The highest BCUT2D eigenvalue weighted by atomic mass is 32.1. The van der Waals surface area contributed by atoms with E-state index in [0.717, 1.165) is 16.1 Å². The van der Waals surface area contributed by atoms with Gasteiger partial charge in [-0.15, -0.1) is 12.6 Å².